The van der Waals surface area contributed by atoms with Crippen LogP contribution in [0.4, 0.5) is 4.79 Å². The molecule has 2 saturated heterocycles. The highest BCUT2D eigenvalue weighted by atomic mass is 32.1. The van der Waals surface area contributed by atoms with E-state index in [9.17, 15) is 14.7 Å². The summed E-state index contributed by atoms with van der Waals surface area (Å²) < 4.78 is 4.77. The fourth-order valence-electron chi connectivity index (χ4n) is 2.78. The van der Waals surface area contributed by atoms with Gasteiger partial charge in [-0.2, -0.15) is 0 Å². The number of ether oxygens (including phenoxy) is 1. The molecule has 2 fully saturated rings. The maximum Gasteiger partial charge on any atom is 0.409 e. The molecule has 8 heteroatoms. The molecule has 1 atom stereocenters. The summed E-state index contributed by atoms with van der Waals surface area (Å²) in [5.41, 5.74) is -0.767. The molecule has 0 bridgehead atoms. The van der Waals surface area contributed by atoms with Gasteiger partial charge in [0.15, 0.2) is 5.11 Å². The molecule has 7 nitrogen and oxygen atoms in total. The van der Waals surface area contributed by atoms with Crippen LogP contribution in [0, 0.1) is 5.41 Å². The average Bonchev–Trinajstić information content (AvgIpc) is 2.80. The van der Waals surface area contributed by atoms with Gasteiger partial charge in [0.05, 0.1) is 18.6 Å². The van der Waals surface area contributed by atoms with Crippen LogP contribution >= 0.6 is 12.2 Å². The first kappa shape index (κ1) is 16.8. The molecule has 1 amide bonds. The van der Waals surface area contributed by atoms with Crippen molar-refractivity contribution < 1.29 is 19.4 Å². The number of piperazine rings is 1. The molecule has 2 heterocycles. The third-order valence-electron chi connectivity index (χ3n) is 4.45. The Kier molecular flexibility index (Phi) is 4.79. The first-order valence-corrected chi connectivity index (χ1v) is 7.79. The van der Waals surface area contributed by atoms with E-state index in [2.05, 4.69) is 4.90 Å². The Morgan fingerprint density at radius 2 is 2.05 bits per heavy atom. The quantitative estimate of drug-likeness (QED) is 0.766. The molecule has 0 aromatic heterocycles. The second-order valence-corrected chi connectivity index (χ2v) is 6.80. The first-order chi connectivity index (χ1) is 10.3. The van der Waals surface area contributed by atoms with Crippen molar-refractivity contribution in [2.24, 2.45) is 5.41 Å². The number of carboxylic acid groups (broad SMARTS) is 1. The van der Waals surface area contributed by atoms with Crippen molar-refractivity contribution in [2.45, 2.75) is 26.3 Å². The number of amides is 1. The van der Waals surface area contributed by atoms with Crippen LogP contribution in [0.5, 0.6) is 0 Å². The molecule has 22 heavy (non-hydrogen) atoms. The Labute approximate surface area is 135 Å². The Bertz CT molecular complexity index is 483. The molecule has 0 aromatic carbocycles. The Morgan fingerprint density at radius 1 is 1.36 bits per heavy atom. The molecule has 0 radical (unpaired) electrons. The summed E-state index contributed by atoms with van der Waals surface area (Å²) in [5.74, 6) is -0.799. The normalized spacial score (nSPS) is 21.9. The van der Waals surface area contributed by atoms with Crippen molar-refractivity contribution in [1.82, 2.24) is 14.7 Å². The second kappa shape index (κ2) is 6.28. The van der Waals surface area contributed by atoms with Gasteiger partial charge >= 0.3 is 12.1 Å². The van der Waals surface area contributed by atoms with Crippen molar-refractivity contribution >= 4 is 29.4 Å². The van der Waals surface area contributed by atoms with E-state index in [1.165, 1.54) is 7.11 Å². The van der Waals surface area contributed by atoms with Crippen molar-refractivity contribution in [3.8, 4) is 0 Å². The molecule has 2 aliphatic rings. The van der Waals surface area contributed by atoms with Crippen molar-refractivity contribution in [2.75, 3.05) is 39.8 Å². The van der Waals surface area contributed by atoms with Crippen LogP contribution in [0.3, 0.4) is 0 Å². The highest BCUT2D eigenvalue weighted by Gasteiger charge is 2.40. The lowest BCUT2D eigenvalue weighted by Gasteiger charge is -2.36. The third kappa shape index (κ3) is 3.26. The number of carboxylic acids is 1. The standard InChI is InChI=1S/C14H23N3O4S/c1-14(2,11(18)19)4-5-15-8-10-9-16(13(20)21-3)6-7-17(10)12(15)22/h10H,4-9H2,1-3H3,(H,18,19). The van der Waals surface area contributed by atoms with Crippen LogP contribution in [0.1, 0.15) is 20.3 Å². The summed E-state index contributed by atoms with van der Waals surface area (Å²) in [7, 11) is 1.38. The zero-order chi connectivity index (χ0) is 16.5. The zero-order valence-electron chi connectivity index (χ0n) is 13.2. The molecular formula is C14H23N3O4S. The number of carbonyl (C=O) groups excluding carboxylic acids is 1. The molecule has 2 rings (SSSR count). The molecule has 0 aliphatic carbocycles. The van der Waals surface area contributed by atoms with Gasteiger partial charge in [-0.15, -0.1) is 0 Å². The lowest BCUT2D eigenvalue weighted by molar-refractivity contribution is -0.147. The maximum atomic E-state index is 11.6. The summed E-state index contributed by atoms with van der Waals surface area (Å²) in [6.07, 6.45) is 0.222. The lowest BCUT2D eigenvalue weighted by Crippen LogP contribution is -2.53. The van der Waals surface area contributed by atoms with E-state index < -0.39 is 11.4 Å². The number of methoxy groups -OCH3 is 1. The summed E-state index contributed by atoms with van der Waals surface area (Å²) in [6.45, 7) is 6.66. The van der Waals surface area contributed by atoms with Crippen LogP contribution in [0.2, 0.25) is 0 Å². The molecule has 124 valence electrons. The minimum absolute atomic E-state index is 0.160. The molecule has 0 spiro atoms. The van der Waals surface area contributed by atoms with E-state index in [0.29, 0.717) is 32.6 Å². The fraction of sp³-hybridized carbons (Fsp3) is 0.786. The summed E-state index contributed by atoms with van der Waals surface area (Å²) in [5, 5.41) is 9.95. The summed E-state index contributed by atoms with van der Waals surface area (Å²) >= 11 is 5.49. The van der Waals surface area contributed by atoms with Crippen molar-refractivity contribution in [1.29, 1.82) is 0 Å². The van der Waals surface area contributed by atoms with Crippen LogP contribution < -0.4 is 0 Å². The van der Waals surface area contributed by atoms with Crippen LogP contribution in [-0.2, 0) is 9.53 Å². The Morgan fingerprint density at radius 3 is 2.64 bits per heavy atom. The van der Waals surface area contributed by atoms with Gasteiger partial charge in [0, 0.05) is 32.7 Å². The number of carbonyl (C=O) groups is 2. The second-order valence-electron chi connectivity index (χ2n) is 6.43. The fourth-order valence-corrected chi connectivity index (χ4v) is 3.19. The van der Waals surface area contributed by atoms with Gasteiger partial charge in [0.2, 0.25) is 0 Å². The summed E-state index contributed by atoms with van der Waals surface area (Å²) in [4.78, 5) is 28.7. The number of nitrogens with zero attached hydrogens (tertiary/aromatic N) is 3. The Balaban J connectivity index is 1.94. The molecule has 0 saturated carbocycles. The van der Waals surface area contributed by atoms with Crippen LogP contribution in [-0.4, -0.2) is 82.9 Å². The monoisotopic (exact) mass is 329 g/mol. The van der Waals surface area contributed by atoms with Gasteiger partial charge in [0.25, 0.3) is 0 Å². The molecule has 1 unspecified atom stereocenters. The van der Waals surface area contributed by atoms with Gasteiger partial charge < -0.3 is 24.5 Å². The largest absolute Gasteiger partial charge is 0.481 e. The first-order valence-electron chi connectivity index (χ1n) is 7.38. The topological polar surface area (TPSA) is 73.3 Å². The van der Waals surface area contributed by atoms with Gasteiger partial charge in [-0.25, -0.2) is 4.79 Å². The van der Waals surface area contributed by atoms with E-state index >= 15 is 0 Å². The average molecular weight is 329 g/mol. The van der Waals surface area contributed by atoms with E-state index in [-0.39, 0.29) is 12.1 Å². The SMILES string of the molecule is COC(=O)N1CCN2C(=S)N(CCC(C)(C)C(=O)O)CC2C1. The number of aliphatic carboxylic acids is 1. The highest BCUT2D eigenvalue weighted by molar-refractivity contribution is 7.80. The van der Waals surface area contributed by atoms with E-state index in [1.54, 1.807) is 18.7 Å². The van der Waals surface area contributed by atoms with Crippen molar-refractivity contribution in [3.05, 3.63) is 0 Å². The smallest absolute Gasteiger partial charge is 0.409 e. The van der Waals surface area contributed by atoms with E-state index in [1.807, 2.05) is 4.90 Å². The van der Waals surface area contributed by atoms with Crippen LogP contribution in [0.25, 0.3) is 0 Å². The molecule has 2 aliphatic heterocycles. The number of rotatable bonds is 4. The van der Waals surface area contributed by atoms with Gasteiger partial charge in [-0.05, 0) is 32.5 Å². The minimum atomic E-state index is -0.799. The van der Waals surface area contributed by atoms with Gasteiger partial charge in [-0.3, -0.25) is 4.79 Å². The van der Waals surface area contributed by atoms with Gasteiger partial charge in [0.1, 0.15) is 0 Å². The maximum absolute atomic E-state index is 11.6. The molecule has 1 N–H and O–H groups in total. The summed E-state index contributed by atoms with van der Waals surface area (Å²) in [6, 6.07) is 0.160. The zero-order valence-corrected chi connectivity index (χ0v) is 14.1. The predicted molar refractivity (Wildman–Crippen MR) is 84.7 cm³/mol. The number of hydrogen-bond donors (Lipinski definition) is 1. The van der Waals surface area contributed by atoms with Crippen molar-refractivity contribution in [3.63, 3.8) is 0 Å². The molecular weight excluding hydrogens is 306 g/mol. The van der Waals surface area contributed by atoms with Gasteiger partial charge in [-0.1, -0.05) is 0 Å². The Hall–Kier alpha value is -1.57. The molecule has 0 aromatic rings. The lowest BCUT2D eigenvalue weighted by atomic mass is 9.89. The number of fused-ring (bicyclic) bond motifs is 1. The third-order valence-corrected chi connectivity index (χ3v) is 4.94. The highest BCUT2D eigenvalue weighted by Crippen LogP contribution is 2.25. The van der Waals surface area contributed by atoms with Crippen LogP contribution in [0.15, 0.2) is 0 Å². The van der Waals surface area contributed by atoms with E-state index in [4.69, 9.17) is 17.0 Å². The van der Waals surface area contributed by atoms with E-state index in [0.717, 1.165) is 11.7 Å². The number of hydrogen-bond acceptors (Lipinski definition) is 4. The predicted octanol–water partition coefficient (Wildman–Crippen LogP) is 0.840. The minimum Gasteiger partial charge on any atom is -0.481 e. The number of thiocarbonyl (C=S) groups is 1.